The Hall–Kier alpha value is -3.35. The van der Waals surface area contributed by atoms with Gasteiger partial charge in [-0.05, 0) is 30.0 Å². The fourth-order valence-corrected chi connectivity index (χ4v) is 3.16. The van der Waals surface area contributed by atoms with Crippen molar-refractivity contribution < 1.29 is 24.2 Å². The molecule has 1 atom stereocenters. The third kappa shape index (κ3) is 4.49. The van der Waals surface area contributed by atoms with Gasteiger partial charge in [0.1, 0.15) is 0 Å². The summed E-state index contributed by atoms with van der Waals surface area (Å²) in [5.74, 6) is 0.202. The molecular formula is C21H22N2O5. The van der Waals surface area contributed by atoms with Crippen LogP contribution in [0.4, 0.5) is 5.69 Å². The lowest BCUT2D eigenvalue weighted by atomic mass is 9.93. The molecule has 2 aromatic carbocycles. The molecule has 0 aromatic heterocycles. The first-order valence-electron chi connectivity index (χ1n) is 9.01. The first-order valence-corrected chi connectivity index (χ1v) is 9.01. The number of carbonyl (C=O) groups is 2. The van der Waals surface area contributed by atoms with E-state index in [2.05, 4.69) is 10.3 Å². The molecule has 1 heterocycles. The molecule has 2 aromatic rings. The van der Waals surface area contributed by atoms with Crippen LogP contribution in [0.2, 0.25) is 0 Å². The van der Waals surface area contributed by atoms with E-state index in [-0.39, 0.29) is 19.1 Å². The Kier molecular flexibility index (Phi) is 6.26. The number of hydrogen-bond donors (Lipinski definition) is 2. The summed E-state index contributed by atoms with van der Waals surface area (Å²) in [6.45, 7) is 0.261. The maximum Gasteiger partial charge on any atom is 0.303 e. The molecule has 1 amide bonds. The third-order valence-corrected chi connectivity index (χ3v) is 4.50. The van der Waals surface area contributed by atoms with Gasteiger partial charge in [0.25, 0.3) is 0 Å². The minimum absolute atomic E-state index is 0.0395. The number of amides is 1. The van der Waals surface area contributed by atoms with Crippen molar-refractivity contribution in [2.45, 2.75) is 25.3 Å². The topological polar surface area (TPSA) is 97.2 Å². The lowest BCUT2D eigenvalue weighted by molar-refractivity contribution is -0.137. The van der Waals surface area contributed by atoms with Crippen molar-refractivity contribution in [3.05, 3.63) is 42.0 Å². The van der Waals surface area contributed by atoms with Gasteiger partial charge in [0.15, 0.2) is 11.5 Å². The smallest absolute Gasteiger partial charge is 0.303 e. The summed E-state index contributed by atoms with van der Waals surface area (Å²) < 4.78 is 11.2. The van der Waals surface area contributed by atoms with Crippen LogP contribution in [0.3, 0.4) is 0 Å². The highest BCUT2D eigenvalue weighted by Crippen LogP contribution is 2.42. The van der Waals surface area contributed by atoms with Crippen LogP contribution in [-0.2, 0) is 16.0 Å². The number of fused-ring (bicyclic) bond motifs is 3. The minimum atomic E-state index is -0.858. The van der Waals surface area contributed by atoms with E-state index in [9.17, 15) is 9.59 Å². The summed E-state index contributed by atoms with van der Waals surface area (Å²) in [6, 6.07) is 11.4. The van der Waals surface area contributed by atoms with Crippen LogP contribution in [0, 0.1) is 0 Å². The number of aliphatic imine (C=N–C) groups is 1. The zero-order valence-electron chi connectivity index (χ0n) is 15.6. The Morgan fingerprint density at radius 2 is 2.11 bits per heavy atom. The second kappa shape index (κ2) is 9.03. The van der Waals surface area contributed by atoms with Crippen molar-refractivity contribution in [3.63, 3.8) is 0 Å². The number of aliphatic carboxylic acids is 1. The molecule has 0 aliphatic carbocycles. The maximum atomic E-state index is 10.9. The summed E-state index contributed by atoms with van der Waals surface area (Å²) in [7, 11) is 1.56. The van der Waals surface area contributed by atoms with E-state index in [1.54, 1.807) is 19.4 Å². The van der Waals surface area contributed by atoms with Crippen LogP contribution in [0.25, 0.3) is 11.1 Å². The van der Waals surface area contributed by atoms with Crippen LogP contribution in [0.1, 0.15) is 18.4 Å². The van der Waals surface area contributed by atoms with E-state index in [1.807, 2.05) is 30.3 Å². The Balaban J connectivity index is 1.99. The van der Waals surface area contributed by atoms with E-state index in [0.717, 1.165) is 16.7 Å². The van der Waals surface area contributed by atoms with Gasteiger partial charge in [0.2, 0.25) is 6.41 Å². The SMILES string of the molecule is COc1cc2c(cc1OCCCC(=O)O)N=CC(NC=O)Cc1ccccc1-2. The summed E-state index contributed by atoms with van der Waals surface area (Å²) >= 11 is 0. The van der Waals surface area contributed by atoms with Gasteiger partial charge in [-0.1, -0.05) is 24.3 Å². The number of benzene rings is 2. The molecule has 1 aliphatic rings. The molecule has 28 heavy (non-hydrogen) atoms. The van der Waals surface area contributed by atoms with Gasteiger partial charge in [0, 0.05) is 24.3 Å². The molecule has 0 spiro atoms. The Morgan fingerprint density at radius 3 is 2.86 bits per heavy atom. The maximum absolute atomic E-state index is 10.9. The van der Waals surface area contributed by atoms with Gasteiger partial charge in [-0.15, -0.1) is 0 Å². The molecular weight excluding hydrogens is 360 g/mol. The zero-order valence-corrected chi connectivity index (χ0v) is 15.6. The number of carbonyl (C=O) groups excluding carboxylic acids is 1. The highest BCUT2D eigenvalue weighted by molar-refractivity contribution is 5.86. The molecule has 0 bridgehead atoms. The summed E-state index contributed by atoms with van der Waals surface area (Å²) in [5, 5.41) is 11.5. The fourth-order valence-electron chi connectivity index (χ4n) is 3.16. The first kappa shape index (κ1) is 19.4. The van der Waals surface area contributed by atoms with Crippen molar-refractivity contribution in [1.29, 1.82) is 0 Å². The fraction of sp³-hybridized carbons (Fsp3) is 0.286. The lowest BCUT2D eigenvalue weighted by Gasteiger charge is -2.20. The van der Waals surface area contributed by atoms with Crippen molar-refractivity contribution in [2.24, 2.45) is 4.99 Å². The minimum Gasteiger partial charge on any atom is -0.493 e. The molecule has 146 valence electrons. The van der Waals surface area contributed by atoms with Crippen molar-refractivity contribution in [2.75, 3.05) is 13.7 Å². The quantitative estimate of drug-likeness (QED) is 0.540. The molecule has 7 nitrogen and oxygen atoms in total. The van der Waals surface area contributed by atoms with Gasteiger partial charge in [0.05, 0.1) is 25.4 Å². The van der Waals surface area contributed by atoms with Gasteiger partial charge in [-0.2, -0.15) is 0 Å². The molecule has 0 fully saturated rings. The van der Waals surface area contributed by atoms with E-state index >= 15 is 0 Å². The standard InChI is InChI=1S/C21H22N2O5/c1-27-19-10-17-16-6-3-2-5-14(16)9-15(23-13-24)12-22-18(17)11-20(19)28-8-4-7-21(25)26/h2-3,5-6,10-13,15H,4,7-9H2,1H3,(H,23,24)(H,25,26). The van der Waals surface area contributed by atoms with E-state index < -0.39 is 5.97 Å². The van der Waals surface area contributed by atoms with E-state index in [4.69, 9.17) is 14.6 Å². The monoisotopic (exact) mass is 382 g/mol. The number of hydrogen-bond acceptors (Lipinski definition) is 5. The second-order valence-electron chi connectivity index (χ2n) is 6.40. The van der Waals surface area contributed by atoms with Crippen LogP contribution in [-0.4, -0.2) is 43.5 Å². The number of carboxylic acids is 1. The second-order valence-corrected chi connectivity index (χ2v) is 6.40. The van der Waals surface area contributed by atoms with Crippen LogP contribution >= 0.6 is 0 Å². The highest BCUT2D eigenvalue weighted by atomic mass is 16.5. The van der Waals surface area contributed by atoms with Crippen LogP contribution < -0.4 is 14.8 Å². The predicted octanol–water partition coefficient (Wildman–Crippen LogP) is 2.98. The predicted molar refractivity (Wildman–Crippen MR) is 106 cm³/mol. The van der Waals surface area contributed by atoms with Crippen molar-refractivity contribution in [3.8, 4) is 22.6 Å². The van der Waals surface area contributed by atoms with Crippen molar-refractivity contribution >= 4 is 24.3 Å². The largest absolute Gasteiger partial charge is 0.493 e. The number of nitrogens with one attached hydrogen (secondary N) is 1. The molecule has 7 heteroatoms. The molecule has 0 radical (unpaired) electrons. The molecule has 1 aliphatic heterocycles. The van der Waals surface area contributed by atoms with Gasteiger partial charge >= 0.3 is 5.97 Å². The average Bonchev–Trinajstić information content (AvgIpc) is 2.68. The summed E-state index contributed by atoms with van der Waals surface area (Å²) in [5.41, 5.74) is 3.71. The zero-order chi connectivity index (χ0) is 19.9. The lowest BCUT2D eigenvalue weighted by Crippen LogP contribution is -2.31. The van der Waals surface area contributed by atoms with Crippen LogP contribution in [0.5, 0.6) is 11.5 Å². The number of nitrogens with zero attached hydrogens (tertiary/aromatic N) is 1. The normalized spacial score (nSPS) is 14.8. The number of carboxylic acid groups (broad SMARTS) is 1. The molecule has 3 rings (SSSR count). The molecule has 1 unspecified atom stereocenters. The van der Waals surface area contributed by atoms with Gasteiger partial charge in [-0.25, -0.2) is 0 Å². The first-order chi connectivity index (χ1) is 13.6. The Bertz CT molecular complexity index is 894. The number of rotatable bonds is 8. The number of methoxy groups -OCH3 is 1. The molecule has 0 saturated heterocycles. The molecule has 2 N–H and O–H groups in total. The van der Waals surface area contributed by atoms with Gasteiger partial charge in [-0.3, -0.25) is 14.6 Å². The molecule has 0 saturated carbocycles. The van der Waals surface area contributed by atoms with Gasteiger partial charge < -0.3 is 19.9 Å². The Labute approximate surface area is 163 Å². The van der Waals surface area contributed by atoms with E-state index in [1.165, 1.54) is 0 Å². The van der Waals surface area contributed by atoms with Crippen molar-refractivity contribution in [1.82, 2.24) is 5.32 Å². The summed E-state index contributed by atoms with van der Waals surface area (Å²) in [4.78, 5) is 26.1. The van der Waals surface area contributed by atoms with E-state index in [0.29, 0.717) is 36.4 Å². The number of ether oxygens (including phenoxy) is 2. The average molecular weight is 382 g/mol. The Morgan fingerprint density at radius 1 is 1.29 bits per heavy atom. The van der Waals surface area contributed by atoms with Crippen LogP contribution in [0.15, 0.2) is 41.4 Å². The third-order valence-electron chi connectivity index (χ3n) is 4.50. The summed E-state index contributed by atoms with van der Waals surface area (Å²) in [6.07, 6.45) is 3.45. The highest BCUT2D eigenvalue weighted by Gasteiger charge is 2.19.